The number of hydrogen-bond donors (Lipinski definition) is 0. The molecule has 3 aromatic rings. The van der Waals surface area contributed by atoms with Crippen molar-refractivity contribution in [2.75, 3.05) is 0 Å². The molecule has 0 amide bonds. The van der Waals surface area contributed by atoms with Crippen LogP contribution in [0.1, 0.15) is 70.1 Å². The van der Waals surface area contributed by atoms with E-state index in [1.165, 1.54) is 33.0 Å². The van der Waals surface area contributed by atoms with E-state index in [1.807, 2.05) is 19.1 Å². The van der Waals surface area contributed by atoms with E-state index in [1.54, 1.807) is 12.1 Å². The molecular weight excluding hydrogens is 482 g/mol. The van der Waals surface area contributed by atoms with Gasteiger partial charge in [0.25, 0.3) is 10.0 Å². The lowest BCUT2D eigenvalue weighted by Gasteiger charge is -2.40. The van der Waals surface area contributed by atoms with Crippen molar-refractivity contribution < 1.29 is 8.42 Å². The molecule has 0 spiro atoms. The third kappa shape index (κ3) is 3.35. The van der Waals surface area contributed by atoms with Gasteiger partial charge < -0.3 is 0 Å². The molecule has 5 atom stereocenters. The van der Waals surface area contributed by atoms with Gasteiger partial charge in [0.15, 0.2) is 0 Å². The van der Waals surface area contributed by atoms with Crippen LogP contribution in [0.4, 0.5) is 0 Å². The minimum absolute atomic E-state index is 0.0654. The normalized spacial score (nSPS) is 27.4. The van der Waals surface area contributed by atoms with Crippen molar-refractivity contribution in [2.45, 2.75) is 75.7 Å². The highest BCUT2D eigenvalue weighted by atomic mass is 32.3. The Morgan fingerprint density at radius 3 is 1.64 bits per heavy atom. The maximum Gasteiger partial charge on any atom is 0.287 e. The second-order valence-corrected chi connectivity index (χ2v) is 16.4. The first kappa shape index (κ1) is 24.1. The van der Waals surface area contributed by atoms with Gasteiger partial charge in [0, 0.05) is 22.3 Å². The molecular formula is C31H35NO2S2. The lowest BCUT2D eigenvalue weighted by atomic mass is 9.63. The van der Waals surface area contributed by atoms with Crippen molar-refractivity contribution in [1.29, 1.82) is 0 Å². The Hall–Kier alpha value is -2.24. The quantitative estimate of drug-likeness (QED) is 0.327. The molecule has 0 N–H and O–H groups in total. The van der Waals surface area contributed by atoms with Crippen molar-refractivity contribution >= 4 is 31.5 Å². The average molecular weight is 518 g/mol. The Morgan fingerprint density at radius 1 is 0.722 bits per heavy atom. The number of rotatable bonds is 2. The molecule has 2 heterocycles. The summed E-state index contributed by atoms with van der Waals surface area (Å²) >= 11 is 0. The van der Waals surface area contributed by atoms with Crippen LogP contribution in [-0.2, 0) is 20.7 Å². The van der Waals surface area contributed by atoms with Crippen LogP contribution < -0.4 is 0 Å². The lowest BCUT2D eigenvalue weighted by molar-refractivity contribution is 0.384. The first-order valence-electron chi connectivity index (χ1n) is 12.8. The van der Waals surface area contributed by atoms with Crippen molar-refractivity contribution in [3.63, 3.8) is 0 Å². The van der Waals surface area contributed by atoms with Crippen LogP contribution in [0.5, 0.6) is 0 Å². The fraction of sp³-hybridized carbons (Fsp3) is 0.419. The van der Waals surface area contributed by atoms with Gasteiger partial charge in [-0.25, -0.2) is 0 Å². The topological polar surface area (TPSA) is 46.5 Å². The van der Waals surface area contributed by atoms with Crippen LogP contribution in [0.25, 0.3) is 10.8 Å². The first-order valence-corrected chi connectivity index (χ1v) is 15.6. The molecule has 0 radical (unpaired) electrons. The molecule has 36 heavy (non-hydrogen) atoms. The van der Waals surface area contributed by atoms with Gasteiger partial charge in [-0.1, -0.05) is 106 Å². The van der Waals surface area contributed by atoms with E-state index in [9.17, 15) is 8.42 Å². The summed E-state index contributed by atoms with van der Waals surface area (Å²) < 4.78 is 32.3. The molecule has 1 unspecified atom stereocenters. The van der Waals surface area contributed by atoms with Crippen molar-refractivity contribution in [2.24, 2.45) is 14.6 Å². The number of nitrogens with zero attached hydrogens (tertiary/aromatic N) is 1. The van der Waals surface area contributed by atoms with Crippen LogP contribution in [0.3, 0.4) is 0 Å². The number of hydrogen-bond acceptors (Lipinski definition) is 2. The van der Waals surface area contributed by atoms with E-state index in [-0.39, 0.29) is 33.2 Å². The number of sulfonamides is 1. The summed E-state index contributed by atoms with van der Waals surface area (Å²) in [6.07, 6.45) is 0. The molecule has 1 fully saturated rings. The average Bonchev–Trinajstić information content (AvgIpc) is 3.39. The predicted octanol–water partition coefficient (Wildman–Crippen LogP) is 7.67. The molecule has 0 aromatic heterocycles. The minimum atomic E-state index is -3.77. The predicted molar refractivity (Wildman–Crippen MR) is 151 cm³/mol. The molecule has 3 aliphatic rings. The maximum absolute atomic E-state index is 13.7. The molecule has 5 heteroatoms. The monoisotopic (exact) mass is 517 g/mol. The van der Waals surface area contributed by atoms with Gasteiger partial charge in [-0.3, -0.25) is 0 Å². The summed E-state index contributed by atoms with van der Waals surface area (Å²) in [7, 11) is -4.43. The number of benzene rings is 3. The molecule has 1 aliphatic carbocycles. The highest BCUT2D eigenvalue weighted by Crippen LogP contribution is 2.68. The summed E-state index contributed by atoms with van der Waals surface area (Å²) in [6, 6.07) is 20.4. The zero-order valence-electron chi connectivity index (χ0n) is 22.2. The van der Waals surface area contributed by atoms with Crippen LogP contribution in [0, 0.1) is 17.8 Å². The van der Waals surface area contributed by atoms with E-state index in [0.717, 1.165) is 5.56 Å². The van der Waals surface area contributed by atoms with Crippen LogP contribution in [0.2, 0.25) is 0 Å². The summed E-state index contributed by atoms with van der Waals surface area (Å²) in [6.45, 7) is 15.7. The van der Waals surface area contributed by atoms with Crippen molar-refractivity contribution in [3.8, 4) is 0 Å². The Kier molecular flexibility index (Phi) is 5.12. The summed E-state index contributed by atoms with van der Waals surface area (Å²) in [5, 5.41) is 2.88. The fourth-order valence-corrected chi connectivity index (χ4v) is 12.5. The van der Waals surface area contributed by atoms with Gasteiger partial charge in [-0.05, 0) is 62.9 Å². The largest absolute Gasteiger partial charge is 0.287 e. The highest BCUT2D eigenvalue weighted by molar-refractivity contribution is 8.01. The highest BCUT2D eigenvalue weighted by Gasteiger charge is 2.63. The van der Waals surface area contributed by atoms with E-state index in [2.05, 4.69) is 77.9 Å². The lowest BCUT2D eigenvalue weighted by Crippen LogP contribution is -2.33. The summed E-state index contributed by atoms with van der Waals surface area (Å²) in [5.41, 5.74) is 6.57. The second kappa shape index (κ2) is 7.64. The molecule has 0 saturated carbocycles. The van der Waals surface area contributed by atoms with E-state index in [4.69, 9.17) is 3.77 Å². The van der Waals surface area contributed by atoms with Gasteiger partial charge >= 0.3 is 0 Å². The molecule has 3 nitrogen and oxygen atoms in total. The van der Waals surface area contributed by atoms with E-state index < -0.39 is 20.7 Å². The molecule has 6 rings (SSSR count). The summed E-state index contributed by atoms with van der Waals surface area (Å²) in [5.74, 6) is 0.549. The minimum Gasteiger partial charge on any atom is -0.199 e. The fourth-order valence-electron chi connectivity index (χ4n) is 7.03. The third-order valence-corrected chi connectivity index (χ3v) is 12.7. The van der Waals surface area contributed by atoms with Gasteiger partial charge in [0.1, 0.15) is 0 Å². The number of aryl methyl sites for hydroxylation is 1. The first-order chi connectivity index (χ1) is 16.8. The molecule has 1 saturated heterocycles. The van der Waals surface area contributed by atoms with Crippen LogP contribution in [-0.4, -0.2) is 18.9 Å². The smallest absolute Gasteiger partial charge is 0.199 e. The standard InChI is InChI=1S/C31H35NO2S2/c1-18-14-16-20(17-15-18)36(33,34)32-35-28-24-21-12-8-10-19-11-9-13-22(23(19)21)25(24)29(35)27(31(5,6)7)26(28)30(2,3)4/h8-17,24-25,28-29H,1-7H3/t24-,25+,28+,29-,35?. The molecule has 3 aromatic carbocycles. The van der Waals surface area contributed by atoms with Crippen molar-refractivity contribution in [3.05, 3.63) is 88.5 Å². The Balaban J connectivity index is 1.64. The van der Waals surface area contributed by atoms with Crippen LogP contribution in [0.15, 0.2) is 80.5 Å². The van der Waals surface area contributed by atoms with E-state index in [0.29, 0.717) is 4.90 Å². The Morgan fingerprint density at radius 2 is 1.19 bits per heavy atom. The molecule has 2 bridgehead atoms. The third-order valence-electron chi connectivity index (χ3n) is 8.23. The van der Waals surface area contributed by atoms with Crippen LogP contribution >= 0.6 is 0 Å². The zero-order chi connectivity index (χ0) is 25.8. The zero-order valence-corrected chi connectivity index (χ0v) is 23.8. The maximum atomic E-state index is 13.7. The van der Waals surface area contributed by atoms with E-state index >= 15 is 0 Å². The molecule has 2 aliphatic heterocycles. The van der Waals surface area contributed by atoms with Gasteiger partial charge in [0.2, 0.25) is 0 Å². The van der Waals surface area contributed by atoms with Gasteiger partial charge in [-0.2, -0.15) is 8.42 Å². The molecule has 188 valence electrons. The van der Waals surface area contributed by atoms with Gasteiger partial charge in [-0.15, -0.1) is 3.77 Å². The summed E-state index contributed by atoms with van der Waals surface area (Å²) in [4.78, 5) is 0.300. The van der Waals surface area contributed by atoms with Gasteiger partial charge in [0.05, 0.1) is 4.90 Å². The van der Waals surface area contributed by atoms with Crippen molar-refractivity contribution in [1.82, 2.24) is 0 Å². The Labute approximate surface area is 218 Å². The second-order valence-electron chi connectivity index (χ2n) is 12.7. The Bertz CT molecular complexity index is 1510. The number of fused-ring (bicyclic) bond motifs is 7. The SMILES string of the molecule is Cc1ccc(S(=O)(=O)N=S2[C@@H]3C(C(C)(C)C)=C(C(C)(C)C)[C@H]2[C@H]2c4cccc5cccc(c45)[C@H]23)cc1.